The van der Waals surface area contributed by atoms with Crippen LogP contribution in [0.2, 0.25) is 9.36 Å². The van der Waals surface area contributed by atoms with Gasteiger partial charge in [0.1, 0.15) is 8.55 Å². The molecule has 2 aromatic rings. The molecule has 2 fully saturated rings. The van der Waals surface area contributed by atoms with Crippen molar-refractivity contribution in [3.63, 3.8) is 0 Å². The molecular formula is C25H31BrCl2N2O6S3. The van der Waals surface area contributed by atoms with E-state index in [2.05, 4.69) is 20.8 Å². The van der Waals surface area contributed by atoms with Crippen molar-refractivity contribution < 1.29 is 26.7 Å². The Kier molecular flexibility index (Phi) is 10.3. The van der Waals surface area contributed by atoms with Crippen LogP contribution >= 0.6 is 50.5 Å². The van der Waals surface area contributed by atoms with Gasteiger partial charge in [-0.25, -0.2) is 16.8 Å². The number of carboxylic acids is 1. The SMILES string of the molecule is O=C(O)CS(=O)(=O)c1ccc(N2CCC(CCCC3CCN(S(=O)(=O)c4cc(Br)c(Cl)s4)CC3)CC2)c(Cl)c1. The summed E-state index contributed by atoms with van der Waals surface area (Å²) in [5.41, 5.74) is 0.767. The number of carbonyl (C=O) groups is 1. The summed E-state index contributed by atoms with van der Waals surface area (Å²) >= 11 is 16.8. The van der Waals surface area contributed by atoms with Crippen molar-refractivity contribution >= 4 is 82.0 Å². The van der Waals surface area contributed by atoms with E-state index in [1.807, 2.05) is 0 Å². The number of hydrogen-bond donors (Lipinski definition) is 1. The van der Waals surface area contributed by atoms with Gasteiger partial charge in [-0.2, -0.15) is 4.31 Å². The topological polar surface area (TPSA) is 112 Å². The maximum Gasteiger partial charge on any atom is 0.319 e. The Labute approximate surface area is 252 Å². The molecule has 4 rings (SSSR count). The summed E-state index contributed by atoms with van der Waals surface area (Å²) in [6, 6.07) is 6.01. The lowest BCUT2D eigenvalue weighted by Crippen LogP contribution is -2.38. The van der Waals surface area contributed by atoms with Crippen LogP contribution in [-0.2, 0) is 24.7 Å². The zero-order valence-corrected chi connectivity index (χ0v) is 26.7. The highest BCUT2D eigenvalue weighted by Gasteiger charge is 2.31. The number of sulfone groups is 1. The first-order valence-corrected chi connectivity index (χ1v) is 18.3. The van der Waals surface area contributed by atoms with Crippen LogP contribution < -0.4 is 4.90 Å². The highest BCUT2D eigenvalue weighted by molar-refractivity contribution is 9.10. The number of benzene rings is 1. The maximum absolute atomic E-state index is 12.9. The molecule has 8 nitrogen and oxygen atoms in total. The van der Waals surface area contributed by atoms with E-state index in [1.54, 1.807) is 16.4 Å². The number of anilines is 1. The molecule has 0 bridgehead atoms. The molecule has 0 aliphatic carbocycles. The molecule has 2 aliphatic heterocycles. The standard InChI is InChI=1S/C25H31BrCl2N2O6S3/c26-20-15-24(37-25(20)28)39(35,36)30-12-8-18(9-13-30)3-1-2-17-6-10-29(11-7-17)22-5-4-19(14-21(22)27)38(33,34)16-23(31)32/h4-5,14-15,17-18H,1-3,6-13,16H2,(H,31,32). The van der Waals surface area contributed by atoms with Gasteiger partial charge >= 0.3 is 5.97 Å². The third-order valence-electron chi connectivity index (χ3n) is 7.56. The Morgan fingerprint density at radius 2 is 1.56 bits per heavy atom. The maximum atomic E-state index is 12.9. The number of sulfonamides is 1. The third kappa shape index (κ3) is 7.69. The van der Waals surface area contributed by atoms with Crippen molar-refractivity contribution in [3.05, 3.63) is 38.1 Å². The second-order valence-corrected chi connectivity index (χ2v) is 17.2. The smallest absolute Gasteiger partial charge is 0.319 e. The Bertz CT molecular complexity index is 1380. The number of carboxylic acid groups (broad SMARTS) is 1. The van der Waals surface area contributed by atoms with Crippen LogP contribution in [0, 0.1) is 11.8 Å². The van der Waals surface area contributed by atoms with Crippen LogP contribution in [0.4, 0.5) is 5.69 Å². The molecule has 1 N–H and O–H groups in total. The summed E-state index contributed by atoms with van der Waals surface area (Å²) in [6.45, 7) is 2.72. The molecule has 1 aromatic heterocycles. The van der Waals surface area contributed by atoms with Gasteiger partial charge in [0.05, 0.1) is 15.6 Å². The minimum Gasteiger partial charge on any atom is -0.480 e. The summed E-state index contributed by atoms with van der Waals surface area (Å²) in [6.07, 6.45) is 7.13. The average molecular weight is 703 g/mol. The highest BCUT2D eigenvalue weighted by atomic mass is 79.9. The third-order valence-corrected chi connectivity index (χ3v) is 14.3. The molecule has 0 saturated carbocycles. The van der Waals surface area contributed by atoms with E-state index in [9.17, 15) is 21.6 Å². The van der Waals surface area contributed by atoms with Crippen LogP contribution in [0.25, 0.3) is 0 Å². The molecular weight excluding hydrogens is 671 g/mol. The van der Waals surface area contributed by atoms with E-state index in [0.717, 1.165) is 75.1 Å². The van der Waals surface area contributed by atoms with Crippen LogP contribution in [0.15, 0.2) is 37.8 Å². The van der Waals surface area contributed by atoms with E-state index in [-0.39, 0.29) is 9.10 Å². The summed E-state index contributed by atoms with van der Waals surface area (Å²) in [7, 11) is -7.42. The van der Waals surface area contributed by atoms with Crippen LogP contribution in [0.5, 0.6) is 0 Å². The van der Waals surface area contributed by atoms with Crippen LogP contribution in [0.1, 0.15) is 44.9 Å². The summed E-state index contributed by atoms with van der Waals surface area (Å²) in [5.74, 6) is -1.22. The number of halogens is 3. The Morgan fingerprint density at radius 1 is 0.974 bits per heavy atom. The predicted octanol–water partition coefficient (Wildman–Crippen LogP) is 6.16. The lowest BCUT2D eigenvalue weighted by atomic mass is 9.87. The molecule has 3 heterocycles. The minimum atomic E-state index is -3.92. The average Bonchev–Trinajstić information content (AvgIpc) is 3.23. The molecule has 14 heteroatoms. The highest BCUT2D eigenvalue weighted by Crippen LogP contribution is 2.38. The molecule has 2 aliphatic rings. The molecule has 39 heavy (non-hydrogen) atoms. The largest absolute Gasteiger partial charge is 0.480 e. The van der Waals surface area contributed by atoms with Gasteiger partial charge in [0.25, 0.3) is 10.0 Å². The normalized spacial score (nSPS) is 18.5. The zero-order chi connectivity index (χ0) is 28.4. The zero-order valence-electron chi connectivity index (χ0n) is 21.2. The van der Waals surface area contributed by atoms with Crippen molar-refractivity contribution in [1.82, 2.24) is 4.31 Å². The Morgan fingerprint density at radius 3 is 2.08 bits per heavy atom. The minimum absolute atomic E-state index is 0.0824. The van der Waals surface area contributed by atoms with Crippen molar-refractivity contribution in [3.8, 4) is 0 Å². The van der Waals surface area contributed by atoms with Gasteiger partial charge in [0.15, 0.2) is 15.6 Å². The van der Waals surface area contributed by atoms with E-state index < -0.39 is 31.6 Å². The molecule has 0 amide bonds. The molecule has 0 spiro atoms. The second kappa shape index (κ2) is 13.0. The number of aliphatic carboxylic acids is 1. The van der Waals surface area contributed by atoms with Crippen LogP contribution in [0.3, 0.4) is 0 Å². The first-order valence-electron chi connectivity index (χ1n) is 12.8. The molecule has 216 valence electrons. The number of hydrogen-bond acceptors (Lipinski definition) is 7. The van der Waals surface area contributed by atoms with E-state index >= 15 is 0 Å². The molecule has 0 radical (unpaired) electrons. The fourth-order valence-corrected chi connectivity index (χ4v) is 10.7. The van der Waals surface area contributed by atoms with Gasteiger partial charge in [-0.1, -0.05) is 42.5 Å². The van der Waals surface area contributed by atoms with E-state index in [4.69, 9.17) is 28.3 Å². The molecule has 1 aromatic carbocycles. The van der Waals surface area contributed by atoms with Crippen molar-refractivity contribution in [1.29, 1.82) is 0 Å². The lowest BCUT2D eigenvalue weighted by Gasteiger charge is -2.35. The Balaban J connectivity index is 1.20. The number of rotatable bonds is 10. The second-order valence-electron chi connectivity index (χ2n) is 10.2. The van der Waals surface area contributed by atoms with Gasteiger partial charge in [-0.05, 0) is 77.7 Å². The predicted molar refractivity (Wildman–Crippen MR) is 158 cm³/mol. The fourth-order valence-electron chi connectivity index (χ4n) is 5.36. The van der Waals surface area contributed by atoms with Gasteiger partial charge in [0, 0.05) is 30.7 Å². The number of nitrogens with zero attached hydrogens (tertiary/aromatic N) is 2. The van der Waals surface area contributed by atoms with Crippen molar-refractivity contribution in [2.45, 2.75) is 54.1 Å². The van der Waals surface area contributed by atoms with Crippen molar-refractivity contribution in [2.24, 2.45) is 11.8 Å². The first kappa shape index (κ1) is 31.1. The fraction of sp³-hybridized carbons (Fsp3) is 0.560. The lowest BCUT2D eigenvalue weighted by molar-refractivity contribution is -0.134. The van der Waals surface area contributed by atoms with Crippen molar-refractivity contribution in [2.75, 3.05) is 36.8 Å². The molecule has 0 atom stereocenters. The molecule has 0 unspecified atom stereocenters. The quantitative estimate of drug-likeness (QED) is 0.316. The van der Waals surface area contributed by atoms with Gasteiger partial charge in [0.2, 0.25) is 0 Å². The molecule has 2 saturated heterocycles. The monoisotopic (exact) mass is 700 g/mol. The number of thiophene rings is 1. The summed E-state index contributed by atoms with van der Waals surface area (Å²) in [5, 5.41) is 9.15. The summed E-state index contributed by atoms with van der Waals surface area (Å²) < 4.78 is 53.1. The van der Waals surface area contributed by atoms with Crippen LogP contribution in [-0.4, -0.2) is 64.1 Å². The summed E-state index contributed by atoms with van der Waals surface area (Å²) in [4.78, 5) is 12.9. The van der Waals surface area contributed by atoms with Gasteiger partial charge < -0.3 is 10.0 Å². The van der Waals surface area contributed by atoms with Gasteiger partial charge in [-0.15, -0.1) is 11.3 Å². The van der Waals surface area contributed by atoms with E-state index in [1.165, 1.54) is 12.1 Å². The number of piperidine rings is 2. The van der Waals surface area contributed by atoms with E-state index in [0.29, 0.717) is 38.8 Å². The first-order chi connectivity index (χ1) is 18.4. The van der Waals surface area contributed by atoms with Gasteiger partial charge in [-0.3, -0.25) is 4.79 Å². The Hall–Kier alpha value is -0.890.